The van der Waals surface area contributed by atoms with Crippen LogP contribution in [0.3, 0.4) is 0 Å². The van der Waals surface area contributed by atoms with Crippen molar-refractivity contribution in [3.05, 3.63) is 39.3 Å². The number of thiophene rings is 1. The highest BCUT2D eigenvalue weighted by Crippen LogP contribution is 2.36. The molecule has 0 N–H and O–H groups in total. The lowest BCUT2D eigenvalue weighted by Crippen LogP contribution is -2.31. The summed E-state index contributed by atoms with van der Waals surface area (Å²) in [4.78, 5) is 16.6. The van der Waals surface area contributed by atoms with Crippen LogP contribution in [0.25, 0.3) is 0 Å². The molecule has 1 fully saturated rings. The van der Waals surface area contributed by atoms with Crippen LogP contribution in [-0.2, 0) is 19.9 Å². The number of likely N-dealkylation sites (tertiary alicyclic amines) is 1. The lowest BCUT2D eigenvalue weighted by Gasteiger charge is -2.24. The zero-order chi connectivity index (χ0) is 15.1. The van der Waals surface area contributed by atoms with Crippen LogP contribution >= 0.6 is 11.3 Å². The molecule has 0 aromatic carbocycles. The smallest absolute Gasteiger partial charge is 0.255 e. The lowest BCUT2D eigenvalue weighted by atomic mass is 9.95. The van der Waals surface area contributed by atoms with E-state index in [-0.39, 0.29) is 11.9 Å². The van der Waals surface area contributed by atoms with Crippen LogP contribution in [0.15, 0.2) is 17.8 Å². The summed E-state index contributed by atoms with van der Waals surface area (Å²) >= 11 is 1.78. The van der Waals surface area contributed by atoms with Crippen molar-refractivity contribution in [2.75, 3.05) is 6.54 Å². The van der Waals surface area contributed by atoms with Crippen LogP contribution in [0.5, 0.6) is 0 Å². The summed E-state index contributed by atoms with van der Waals surface area (Å²) in [5.41, 5.74) is 3.46. The van der Waals surface area contributed by atoms with E-state index >= 15 is 0 Å². The number of rotatable bonds is 2. The number of aromatic nitrogens is 2. The van der Waals surface area contributed by atoms with Crippen LogP contribution in [0.2, 0.25) is 0 Å². The molecule has 116 valence electrons. The van der Waals surface area contributed by atoms with Crippen LogP contribution in [-0.4, -0.2) is 27.1 Å². The topological polar surface area (TPSA) is 38.1 Å². The van der Waals surface area contributed by atoms with E-state index in [1.807, 2.05) is 24.1 Å². The van der Waals surface area contributed by atoms with E-state index in [0.717, 1.165) is 43.4 Å². The molecule has 3 heterocycles. The molecule has 0 bridgehead atoms. The minimum atomic E-state index is 0.195. The first kappa shape index (κ1) is 14.0. The van der Waals surface area contributed by atoms with E-state index < -0.39 is 0 Å². The van der Waals surface area contributed by atoms with E-state index in [0.29, 0.717) is 0 Å². The maximum Gasteiger partial charge on any atom is 0.255 e. The summed E-state index contributed by atoms with van der Waals surface area (Å²) in [5, 5.41) is 6.36. The van der Waals surface area contributed by atoms with Gasteiger partial charge < -0.3 is 4.90 Å². The highest BCUT2D eigenvalue weighted by atomic mass is 32.1. The molecule has 4 rings (SSSR count). The van der Waals surface area contributed by atoms with Gasteiger partial charge in [0.15, 0.2) is 0 Å². The summed E-state index contributed by atoms with van der Waals surface area (Å²) < 4.78 is 1.82. The predicted molar refractivity (Wildman–Crippen MR) is 87.2 cm³/mol. The molecule has 1 aliphatic heterocycles. The van der Waals surface area contributed by atoms with Crippen LogP contribution in [0.4, 0.5) is 0 Å². The first-order valence-electron chi connectivity index (χ1n) is 8.13. The monoisotopic (exact) mass is 315 g/mol. The molecule has 1 saturated heterocycles. The average molecular weight is 315 g/mol. The Labute approximate surface area is 134 Å². The molecule has 2 aromatic rings. The molecular formula is C17H21N3OS. The van der Waals surface area contributed by atoms with Gasteiger partial charge in [0, 0.05) is 35.6 Å². The molecule has 0 spiro atoms. The fraction of sp³-hybridized carbons (Fsp3) is 0.529. The van der Waals surface area contributed by atoms with Gasteiger partial charge in [0.05, 0.1) is 17.8 Å². The number of carbonyl (C=O) groups excluding carboxylic acids is 1. The number of hydrogen-bond donors (Lipinski definition) is 0. The molecular weight excluding hydrogens is 294 g/mol. The Balaban J connectivity index is 1.63. The average Bonchev–Trinajstić information content (AvgIpc) is 3.25. The van der Waals surface area contributed by atoms with Gasteiger partial charge >= 0.3 is 0 Å². The molecule has 2 aliphatic rings. The van der Waals surface area contributed by atoms with Crippen molar-refractivity contribution in [3.63, 3.8) is 0 Å². The predicted octanol–water partition coefficient (Wildman–Crippen LogP) is 3.34. The van der Waals surface area contributed by atoms with Crippen molar-refractivity contribution in [1.29, 1.82) is 0 Å². The molecule has 4 nitrogen and oxygen atoms in total. The van der Waals surface area contributed by atoms with Gasteiger partial charge in [-0.15, -0.1) is 11.3 Å². The quantitative estimate of drug-likeness (QED) is 0.852. The largest absolute Gasteiger partial charge is 0.331 e. The zero-order valence-electron chi connectivity index (χ0n) is 12.9. The van der Waals surface area contributed by atoms with Crippen LogP contribution < -0.4 is 0 Å². The molecule has 1 aliphatic carbocycles. The zero-order valence-corrected chi connectivity index (χ0v) is 13.7. The van der Waals surface area contributed by atoms with E-state index in [9.17, 15) is 4.79 Å². The number of aryl methyl sites for hydroxylation is 2. The highest BCUT2D eigenvalue weighted by molar-refractivity contribution is 7.10. The second-order valence-corrected chi connectivity index (χ2v) is 7.33. The first-order valence-corrected chi connectivity index (χ1v) is 9.01. The van der Waals surface area contributed by atoms with Crippen molar-refractivity contribution < 1.29 is 4.79 Å². The molecule has 1 atom stereocenters. The van der Waals surface area contributed by atoms with Gasteiger partial charge in [0.1, 0.15) is 0 Å². The SMILES string of the molecule is Cn1cc(C2CCCN2C(=O)c2csc3c2CCCC3)cn1. The van der Waals surface area contributed by atoms with Crippen molar-refractivity contribution >= 4 is 17.2 Å². The molecule has 1 unspecified atom stereocenters. The molecule has 1 amide bonds. The third-order valence-corrected chi connectivity index (χ3v) is 6.00. The molecule has 5 heteroatoms. The first-order chi connectivity index (χ1) is 10.7. The molecule has 0 saturated carbocycles. The Bertz CT molecular complexity index is 703. The van der Waals surface area contributed by atoms with Gasteiger partial charge in [-0.2, -0.15) is 5.10 Å². The minimum absolute atomic E-state index is 0.195. The maximum atomic E-state index is 13.1. The summed E-state index contributed by atoms with van der Waals surface area (Å²) in [7, 11) is 1.93. The summed E-state index contributed by atoms with van der Waals surface area (Å²) in [6.07, 6.45) is 10.8. The number of fused-ring (bicyclic) bond motifs is 1. The van der Waals surface area contributed by atoms with E-state index in [4.69, 9.17) is 0 Å². The molecule has 2 aromatic heterocycles. The van der Waals surface area contributed by atoms with Gasteiger partial charge in [-0.3, -0.25) is 9.48 Å². The van der Waals surface area contributed by atoms with Crippen molar-refractivity contribution in [2.24, 2.45) is 7.05 Å². The van der Waals surface area contributed by atoms with Crippen molar-refractivity contribution in [1.82, 2.24) is 14.7 Å². The Hall–Kier alpha value is -1.62. The Morgan fingerprint density at radius 3 is 3.00 bits per heavy atom. The van der Waals surface area contributed by atoms with Crippen LogP contribution in [0.1, 0.15) is 58.1 Å². The lowest BCUT2D eigenvalue weighted by molar-refractivity contribution is 0.0735. The van der Waals surface area contributed by atoms with E-state index in [1.54, 1.807) is 11.3 Å². The highest BCUT2D eigenvalue weighted by Gasteiger charge is 2.33. The fourth-order valence-electron chi connectivity index (χ4n) is 3.80. The second-order valence-electron chi connectivity index (χ2n) is 6.36. The standard InChI is InChI=1S/C17H21N3OS/c1-19-10-12(9-18-19)15-6-4-8-20(15)17(21)14-11-22-16-7-3-2-5-13(14)16/h9-11,15H,2-8H2,1H3. The molecule has 0 radical (unpaired) electrons. The van der Waals surface area contributed by atoms with Crippen molar-refractivity contribution in [2.45, 2.75) is 44.6 Å². The van der Waals surface area contributed by atoms with Crippen LogP contribution in [0, 0.1) is 0 Å². The van der Waals surface area contributed by atoms with E-state index in [1.165, 1.54) is 23.3 Å². The third-order valence-electron chi connectivity index (χ3n) is 4.92. The third kappa shape index (κ3) is 2.28. The van der Waals surface area contributed by atoms with Gasteiger partial charge in [-0.05, 0) is 44.1 Å². The normalized spacial score (nSPS) is 21.1. The molecule has 22 heavy (non-hydrogen) atoms. The Kier molecular flexibility index (Phi) is 3.53. The number of amides is 1. The van der Waals surface area contributed by atoms with Crippen molar-refractivity contribution in [3.8, 4) is 0 Å². The van der Waals surface area contributed by atoms with Gasteiger partial charge in [-0.1, -0.05) is 0 Å². The number of carbonyl (C=O) groups is 1. The second kappa shape index (κ2) is 5.54. The maximum absolute atomic E-state index is 13.1. The number of nitrogens with zero attached hydrogens (tertiary/aromatic N) is 3. The minimum Gasteiger partial charge on any atom is -0.331 e. The van der Waals surface area contributed by atoms with Gasteiger partial charge in [0.2, 0.25) is 0 Å². The van der Waals surface area contributed by atoms with Gasteiger partial charge in [-0.25, -0.2) is 0 Å². The summed E-state index contributed by atoms with van der Waals surface area (Å²) in [6, 6.07) is 0.195. The fourth-order valence-corrected chi connectivity index (χ4v) is 4.92. The van der Waals surface area contributed by atoms with Gasteiger partial charge in [0.25, 0.3) is 5.91 Å². The summed E-state index contributed by atoms with van der Waals surface area (Å²) in [5.74, 6) is 0.228. The Morgan fingerprint density at radius 2 is 2.18 bits per heavy atom. The van der Waals surface area contributed by atoms with E-state index in [2.05, 4.69) is 15.4 Å². The summed E-state index contributed by atoms with van der Waals surface area (Å²) in [6.45, 7) is 0.864. The number of hydrogen-bond acceptors (Lipinski definition) is 3. The Morgan fingerprint density at radius 1 is 1.32 bits per heavy atom.